The van der Waals surface area contributed by atoms with E-state index in [-0.39, 0.29) is 18.1 Å². The number of hydrogen-bond acceptors (Lipinski definition) is 5. The average molecular weight is 290 g/mol. The van der Waals surface area contributed by atoms with Crippen LogP contribution in [-0.2, 0) is 11.3 Å². The van der Waals surface area contributed by atoms with Crippen molar-refractivity contribution in [2.45, 2.75) is 19.6 Å². The molecule has 0 saturated carbocycles. The van der Waals surface area contributed by atoms with Crippen molar-refractivity contribution in [3.63, 3.8) is 0 Å². The maximum absolute atomic E-state index is 11.8. The fourth-order valence-electron chi connectivity index (χ4n) is 1.64. The number of carbonyl (C=O) groups is 1. The van der Waals surface area contributed by atoms with Crippen molar-refractivity contribution in [3.05, 3.63) is 58.5 Å². The highest BCUT2D eigenvalue weighted by Crippen LogP contribution is 2.18. The van der Waals surface area contributed by atoms with Crippen molar-refractivity contribution >= 4 is 11.6 Å². The predicted octanol–water partition coefficient (Wildman–Crippen LogP) is 2.27. The Morgan fingerprint density at radius 2 is 2.10 bits per heavy atom. The molecule has 0 bridgehead atoms. The Bertz CT molecular complexity index is 607. The summed E-state index contributed by atoms with van der Waals surface area (Å²) in [7, 11) is 0. The van der Waals surface area contributed by atoms with E-state index in [1.54, 1.807) is 19.1 Å². The van der Waals surface area contributed by atoms with Crippen LogP contribution in [0.5, 0.6) is 5.75 Å². The van der Waals surface area contributed by atoms with Crippen molar-refractivity contribution in [1.29, 1.82) is 0 Å². The van der Waals surface area contributed by atoms with Crippen LogP contribution in [0.25, 0.3) is 0 Å². The van der Waals surface area contributed by atoms with E-state index < -0.39 is 11.0 Å². The Balaban J connectivity index is 1.86. The van der Waals surface area contributed by atoms with Gasteiger partial charge in [-0.2, -0.15) is 0 Å². The number of amides is 1. The fraction of sp³-hybridized carbons (Fsp3) is 0.214. The van der Waals surface area contributed by atoms with E-state index in [4.69, 9.17) is 9.15 Å². The molecule has 1 heterocycles. The molecule has 1 aromatic heterocycles. The zero-order valence-electron chi connectivity index (χ0n) is 11.3. The quantitative estimate of drug-likeness (QED) is 0.650. The molecule has 7 nitrogen and oxygen atoms in total. The third-order valence-electron chi connectivity index (χ3n) is 2.75. The summed E-state index contributed by atoms with van der Waals surface area (Å²) < 4.78 is 10.5. The summed E-state index contributed by atoms with van der Waals surface area (Å²) in [5.74, 6) is 0.733. The normalized spacial score (nSPS) is 11.7. The molecule has 0 fully saturated rings. The smallest absolute Gasteiger partial charge is 0.269 e. The second kappa shape index (κ2) is 6.56. The zero-order valence-corrected chi connectivity index (χ0v) is 11.3. The van der Waals surface area contributed by atoms with Crippen LogP contribution < -0.4 is 10.1 Å². The summed E-state index contributed by atoms with van der Waals surface area (Å²) >= 11 is 0. The highest BCUT2D eigenvalue weighted by Gasteiger charge is 2.15. The maximum Gasteiger partial charge on any atom is 0.269 e. The second-order valence-corrected chi connectivity index (χ2v) is 4.31. The summed E-state index contributed by atoms with van der Waals surface area (Å²) in [5, 5.41) is 13.2. The van der Waals surface area contributed by atoms with Crippen molar-refractivity contribution in [2.75, 3.05) is 0 Å². The monoisotopic (exact) mass is 290 g/mol. The van der Waals surface area contributed by atoms with Gasteiger partial charge in [0.1, 0.15) is 11.5 Å². The number of furan rings is 1. The SMILES string of the molecule is C[C@@H](Oc1ccc([N+](=O)[O-])cc1)C(=O)NCc1ccco1. The maximum atomic E-state index is 11.8. The third kappa shape index (κ3) is 4.07. The Kier molecular flexibility index (Phi) is 4.55. The van der Waals surface area contributed by atoms with Crippen LogP contribution in [-0.4, -0.2) is 16.9 Å². The van der Waals surface area contributed by atoms with Gasteiger partial charge in [0.15, 0.2) is 6.10 Å². The van der Waals surface area contributed by atoms with Gasteiger partial charge in [0.2, 0.25) is 0 Å². The van der Waals surface area contributed by atoms with E-state index in [0.717, 1.165) is 0 Å². The van der Waals surface area contributed by atoms with Crippen molar-refractivity contribution in [3.8, 4) is 5.75 Å². The Hall–Kier alpha value is -2.83. The summed E-state index contributed by atoms with van der Waals surface area (Å²) in [4.78, 5) is 21.9. The molecule has 0 aliphatic carbocycles. The number of rotatable bonds is 6. The first kappa shape index (κ1) is 14.6. The number of nitro groups is 1. The van der Waals surface area contributed by atoms with Crippen LogP contribution in [0.4, 0.5) is 5.69 Å². The third-order valence-corrected chi connectivity index (χ3v) is 2.75. The molecule has 7 heteroatoms. The molecule has 1 N–H and O–H groups in total. The fourth-order valence-corrected chi connectivity index (χ4v) is 1.64. The summed E-state index contributed by atoms with van der Waals surface area (Å²) in [5.41, 5.74) is -0.0303. The minimum atomic E-state index is -0.721. The number of ether oxygens (including phenoxy) is 1. The van der Waals surface area contributed by atoms with Gasteiger partial charge >= 0.3 is 0 Å². The van der Waals surface area contributed by atoms with Gasteiger partial charge in [-0.25, -0.2) is 0 Å². The van der Waals surface area contributed by atoms with Gasteiger partial charge in [-0.05, 0) is 31.2 Å². The molecule has 0 aliphatic heterocycles. The van der Waals surface area contributed by atoms with Crippen LogP contribution in [0.2, 0.25) is 0 Å². The highest BCUT2D eigenvalue weighted by molar-refractivity contribution is 5.80. The van der Waals surface area contributed by atoms with Crippen LogP contribution >= 0.6 is 0 Å². The number of carbonyl (C=O) groups excluding carboxylic acids is 1. The molecule has 1 atom stereocenters. The standard InChI is InChI=1S/C14H14N2O5/c1-10(14(17)15-9-13-3-2-8-20-13)21-12-6-4-11(5-7-12)16(18)19/h2-8,10H,9H2,1H3,(H,15,17)/t10-/m1/s1. The van der Waals surface area contributed by atoms with Gasteiger partial charge in [-0.1, -0.05) is 0 Å². The Labute approximate surface area is 120 Å². The first-order valence-electron chi connectivity index (χ1n) is 6.27. The van der Waals surface area contributed by atoms with Crippen LogP contribution in [0.3, 0.4) is 0 Å². The number of nitrogens with zero attached hydrogens (tertiary/aromatic N) is 1. The zero-order chi connectivity index (χ0) is 15.2. The molecule has 0 spiro atoms. The number of nitro benzene ring substituents is 1. The van der Waals surface area contributed by atoms with Gasteiger partial charge in [0.25, 0.3) is 11.6 Å². The highest BCUT2D eigenvalue weighted by atomic mass is 16.6. The van der Waals surface area contributed by atoms with Gasteiger partial charge in [0.05, 0.1) is 17.7 Å². The Morgan fingerprint density at radius 3 is 2.67 bits per heavy atom. The molecular weight excluding hydrogens is 276 g/mol. The van der Waals surface area contributed by atoms with E-state index in [2.05, 4.69) is 5.32 Å². The van der Waals surface area contributed by atoms with Crippen molar-refractivity contribution < 1.29 is 18.9 Å². The minimum absolute atomic E-state index is 0.0303. The lowest BCUT2D eigenvalue weighted by molar-refractivity contribution is -0.384. The molecular formula is C14H14N2O5. The summed E-state index contributed by atoms with van der Waals surface area (Å²) in [6.07, 6.45) is 0.805. The largest absolute Gasteiger partial charge is 0.481 e. The summed E-state index contributed by atoms with van der Waals surface area (Å²) in [6.45, 7) is 1.87. The topological polar surface area (TPSA) is 94.6 Å². The molecule has 1 aromatic carbocycles. The molecule has 21 heavy (non-hydrogen) atoms. The molecule has 1 amide bonds. The summed E-state index contributed by atoms with van der Waals surface area (Å²) in [6, 6.07) is 9.04. The molecule has 2 rings (SSSR count). The molecule has 0 unspecified atom stereocenters. The second-order valence-electron chi connectivity index (χ2n) is 4.31. The predicted molar refractivity (Wildman–Crippen MR) is 73.7 cm³/mol. The number of non-ortho nitro benzene ring substituents is 1. The van der Waals surface area contributed by atoms with Gasteiger partial charge < -0.3 is 14.5 Å². The molecule has 2 aromatic rings. The molecule has 0 aliphatic rings. The van der Waals surface area contributed by atoms with E-state index >= 15 is 0 Å². The van der Waals surface area contributed by atoms with E-state index in [1.165, 1.54) is 30.5 Å². The van der Waals surface area contributed by atoms with Crippen LogP contribution in [0.1, 0.15) is 12.7 Å². The van der Waals surface area contributed by atoms with Gasteiger partial charge in [-0.3, -0.25) is 14.9 Å². The number of hydrogen-bond donors (Lipinski definition) is 1. The Morgan fingerprint density at radius 1 is 1.38 bits per heavy atom. The first-order valence-corrected chi connectivity index (χ1v) is 6.27. The van der Waals surface area contributed by atoms with E-state index in [1.807, 2.05) is 0 Å². The minimum Gasteiger partial charge on any atom is -0.481 e. The van der Waals surface area contributed by atoms with Gasteiger partial charge in [-0.15, -0.1) is 0 Å². The molecule has 110 valence electrons. The average Bonchev–Trinajstić information content (AvgIpc) is 2.98. The lowest BCUT2D eigenvalue weighted by Gasteiger charge is -2.14. The van der Waals surface area contributed by atoms with Gasteiger partial charge in [0, 0.05) is 12.1 Å². The van der Waals surface area contributed by atoms with Crippen LogP contribution in [0, 0.1) is 10.1 Å². The number of benzene rings is 1. The first-order chi connectivity index (χ1) is 10.1. The molecule has 0 saturated heterocycles. The van der Waals surface area contributed by atoms with Crippen molar-refractivity contribution in [2.24, 2.45) is 0 Å². The van der Waals surface area contributed by atoms with Crippen LogP contribution in [0.15, 0.2) is 47.1 Å². The number of nitrogens with one attached hydrogen (secondary N) is 1. The van der Waals surface area contributed by atoms with E-state index in [9.17, 15) is 14.9 Å². The van der Waals surface area contributed by atoms with E-state index in [0.29, 0.717) is 11.5 Å². The van der Waals surface area contributed by atoms with Crippen molar-refractivity contribution in [1.82, 2.24) is 5.32 Å². The molecule has 0 radical (unpaired) electrons. The lowest BCUT2D eigenvalue weighted by atomic mass is 10.3. The lowest BCUT2D eigenvalue weighted by Crippen LogP contribution is -2.35.